The molecule has 3 aromatic heterocycles. The van der Waals surface area contributed by atoms with Gasteiger partial charge in [-0.3, -0.25) is 9.97 Å². The summed E-state index contributed by atoms with van der Waals surface area (Å²) in [5, 5.41) is 6.67. The van der Waals surface area contributed by atoms with E-state index in [9.17, 15) is 0 Å². The zero-order valence-corrected chi connectivity index (χ0v) is 14.5. The first-order valence-electron chi connectivity index (χ1n) is 8.44. The van der Waals surface area contributed by atoms with Crippen LogP contribution in [0.4, 0.5) is 11.8 Å². The number of nitrogens with zero attached hydrogens (tertiary/aromatic N) is 4. The van der Waals surface area contributed by atoms with E-state index in [1.165, 1.54) is 0 Å². The molecular formula is C19H22N6. The molecule has 0 aliphatic carbocycles. The minimum absolute atomic E-state index is 0.299. The number of aromatic nitrogens is 4. The Morgan fingerprint density at radius 3 is 2.72 bits per heavy atom. The lowest BCUT2D eigenvalue weighted by Gasteiger charge is -2.14. The van der Waals surface area contributed by atoms with Crippen molar-refractivity contribution in [2.24, 2.45) is 0 Å². The third-order valence-electron chi connectivity index (χ3n) is 3.85. The zero-order chi connectivity index (χ0) is 17.5. The van der Waals surface area contributed by atoms with Gasteiger partial charge in [0, 0.05) is 36.3 Å². The van der Waals surface area contributed by atoms with E-state index in [1.807, 2.05) is 36.4 Å². The fourth-order valence-electron chi connectivity index (χ4n) is 2.27. The van der Waals surface area contributed by atoms with Crippen LogP contribution in [0.15, 0.2) is 55.0 Å². The lowest BCUT2D eigenvalue weighted by molar-refractivity contribution is 0.753. The minimum Gasteiger partial charge on any atom is -0.364 e. The first kappa shape index (κ1) is 16.8. The normalized spacial score (nSPS) is 11.8. The predicted molar refractivity (Wildman–Crippen MR) is 100 cm³/mol. The Hall–Kier alpha value is -3.02. The maximum atomic E-state index is 4.63. The Bertz CT molecular complexity index is 792. The summed E-state index contributed by atoms with van der Waals surface area (Å²) in [6.45, 7) is 4.84. The van der Waals surface area contributed by atoms with Gasteiger partial charge in [-0.25, -0.2) is 4.98 Å². The quantitative estimate of drug-likeness (QED) is 0.685. The number of anilines is 2. The van der Waals surface area contributed by atoms with Crippen LogP contribution in [0.3, 0.4) is 0 Å². The Kier molecular flexibility index (Phi) is 5.51. The number of hydrogen-bond acceptors (Lipinski definition) is 6. The molecule has 2 N–H and O–H groups in total. The lowest BCUT2D eigenvalue weighted by Crippen LogP contribution is -2.16. The van der Waals surface area contributed by atoms with Crippen LogP contribution in [0.2, 0.25) is 0 Å². The summed E-state index contributed by atoms with van der Waals surface area (Å²) in [5.41, 5.74) is 2.75. The third-order valence-corrected chi connectivity index (χ3v) is 3.85. The molecule has 0 aliphatic heterocycles. The summed E-state index contributed by atoms with van der Waals surface area (Å²) in [6.07, 6.45) is 6.34. The van der Waals surface area contributed by atoms with Crippen LogP contribution in [-0.4, -0.2) is 26.0 Å². The topological polar surface area (TPSA) is 75.6 Å². The highest BCUT2D eigenvalue weighted by Gasteiger charge is 2.09. The molecule has 0 unspecified atom stereocenters. The first-order valence-corrected chi connectivity index (χ1v) is 8.44. The summed E-state index contributed by atoms with van der Waals surface area (Å²) in [7, 11) is 0. The van der Waals surface area contributed by atoms with Crippen LogP contribution in [0.1, 0.15) is 26.0 Å². The Labute approximate surface area is 147 Å². The second kappa shape index (κ2) is 8.19. The Balaban J connectivity index is 1.86. The average Bonchev–Trinajstić information content (AvgIpc) is 2.67. The van der Waals surface area contributed by atoms with E-state index in [0.29, 0.717) is 18.5 Å². The predicted octanol–water partition coefficient (Wildman–Crippen LogP) is 3.76. The molecule has 0 saturated carbocycles. The largest absolute Gasteiger partial charge is 0.364 e. The van der Waals surface area contributed by atoms with E-state index in [0.717, 1.165) is 29.2 Å². The van der Waals surface area contributed by atoms with Crippen molar-refractivity contribution in [3.8, 4) is 11.3 Å². The van der Waals surface area contributed by atoms with Crippen molar-refractivity contribution in [2.45, 2.75) is 32.9 Å². The van der Waals surface area contributed by atoms with E-state index in [1.54, 1.807) is 18.6 Å². The fourth-order valence-corrected chi connectivity index (χ4v) is 2.27. The van der Waals surface area contributed by atoms with Crippen LogP contribution in [0.25, 0.3) is 11.3 Å². The maximum absolute atomic E-state index is 4.63. The number of pyridine rings is 2. The van der Waals surface area contributed by atoms with Crippen molar-refractivity contribution in [3.63, 3.8) is 0 Å². The number of rotatable bonds is 7. The van der Waals surface area contributed by atoms with E-state index < -0.39 is 0 Å². The van der Waals surface area contributed by atoms with Gasteiger partial charge in [0.05, 0.1) is 17.9 Å². The van der Waals surface area contributed by atoms with Gasteiger partial charge in [-0.1, -0.05) is 13.0 Å². The van der Waals surface area contributed by atoms with Gasteiger partial charge in [0.1, 0.15) is 5.82 Å². The first-order chi connectivity index (χ1) is 12.2. The number of nitrogens with one attached hydrogen (secondary N) is 2. The monoisotopic (exact) mass is 334 g/mol. The Morgan fingerprint density at radius 1 is 1.08 bits per heavy atom. The molecule has 3 rings (SSSR count). The zero-order valence-electron chi connectivity index (χ0n) is 14.5. The van der Waals surface area contributed by atoms with Crippen molar-refractivity contribution in [1.29, 1.82) is 0 Å². The average molecular weight is 334 g/mol. The molecule has 0 fully saturated rings. The van der Waals surface area contributed by atoms with Crippen molar-refractivity contribution in [3.05, 3.63) is 60.7 Å². The summed E-state index contributed by atoms with van der Waals surface area (Å²) >= 11 is 0. The molecule has 0 aromatic carbocycles. The summed E-state index contributed by atoms with van der Waals surface area (Å²) in [5.74, 6) is 1.37. The molecule has 3 heterocycles. The van der Waals surface area contributed by atoms with Crippen molar-refractivity contribution < 1.29 is 0 Å². The van der Waals surface area contributed by atoms with Gasteiger partial charge < -0.3 is 10.6 Å². The van der Waals surface area contributed by atoms with Crippen molar-refractivity contribution >= 4 is 11.8 Å². The van der Waals surface area contributed by atoms with E-state index in [4.69, 9.17) is 0 Å². The lowest BCUT2D eigenvalue weighted by atomic mass is 10.2. The molecule has 0 spiro atoms. The fraction of sp³-hybridized carbons (Fsp3) is 0.263. The van der Waals surface area contributed by atoms with Gasteiger partial charge in [0.15, 0.2) is 0 Å². The van der Waals surface area contributed by atoms with Gasteiger partial charge in [0.25, 0.3) is 0 Å². The molecule has 3 aromatic rings. The van der Waals surface area contributed by atoms with Crippen molar-refractivity contribution in [2.75, 3.05) is 10.6 Å². The number of hydrogen-bond donors (Lipinski definition) is 2. The van der Waals surface area contributed by atoms with Gasteiger partial charge in [-0.2, -0.15) is 4.98 Å². The van der Waals surface area contributed by atoms with E-state index in [2.05, 4.69) is 44.4 Å². The van der Waals surface area contributed by atoms with Gasteiger partial charge in [0.2, 0.25) is 5.95 Å². The van der Waals surface area contributed by atoms with E-state index in [-0.39, 0.29) is 0 Å². The second-order valence-corrected chi connectivity index (χ2v) is 5.83. The highest BCUT2D eigenvalue weighted by molar-refractivity contribution is 5.63. The standard InChI is InChI=1S/C19H22N6/c1-3-14(2)23-19-24-17(15-7-6-9-20-12-15)11-18(25-19)22-13-16-8-4-5-10-21-16/h4-12,14H,3,13H2,1-2H3,(H2,22,23,24,25)/t14-/m1/s1. The minimum atomic E-state index is 0.299. The molecule has 0 saturated heterocycles. The molecule has 0 radical (unpaired) electrons. The molecule has 6 heteroatoms. The van der Waals surface area contributed by atoms with Crippen LogP contribution < -0.4 is 10.6 Å². The molecule has 25 heavy (non-hydrogen) atoms. The third kappa shape index (κ3) is 4.73. The highest BCUT2D eigenvalue weighted by atomic mass is 15.2. The smallest absolute Gasteiger partial charge is 0.225 e. The van der Waals surface area contributed by atoms with Crippen molar-refractivity contribution in [1.82, 2.24) is 19.9 Å². The summed E-state index contributed by atoms with van der Waals surface area (Å²) in [4.78, 5) is 17.7. The molecule has 0 bridgehead atoms. The maximum Gasteiger partial charge on any atom is 0.225 e. The molecule has 128 valence electrons. The SMILES string of the molecule is CC[C@@H](C)Nc1nc(NCc2ccccn2)cc(-c2cccnc2)n1. The summed E-state index contributed by atoms with van der Waals surface area (Å²) < 4.78 is 0. The molecule has 0 amide bonds. The van der Waals surface area contributed by atoms with Crippen LogP contribution in [0.5, 0.6) is 0 Å². The molecule has 1 atom stereocenters. The van der Waals surface area contributed by atoms with Gasteiger partial charge in [-0.05, 0) is 37.6 Å². The molecule has 6 nitrogen and oxygen atoms in total. The van der Waals surface area contributed by atoms with Gasteiger partial charge in [-0.15, -0.1) is 0 Å². The molecular weight excluding hydrogens is 312 g/mol. The summed E-state index contributed by atoms with van der Waals surface area (Å²) in [6, 6.07) is 12.0. The van der Waals surface area contributed by atoms with Crippen LogP contribution in [-0.2, 0) is 6.54 Å². The van der Waals surface area contributed by atoms with Gasteiger partial charge >= 0.3 is 0 Å². The van der Waals surface area contributed by atoms with E-state index >= 15 is 0 Å². The Morgan fingerprint density at radius 2 is 2.00 bits per heavy atom. The van der Waals surface area contributed by atoms with Crippen LogP contribution in [0, 0.1) is 0 Å². The van der Waals surface area contributed by atoms with Crippen LogP contribution >= 0.6 is 0 Å². The second-order valence-electron chi connectivity index (χ2n) is 5.83. The molecule has 0 aliphatic rings. The highest BCUT2D eigenvalue weighted by Crippen LogP contribution is 2.21.